The van der Waals surface area contributed by atoms with Gasteiger partial charge in [0.25, 0.3) is 5.91 Å². The second kappa shape index (κ2) is 10.1. The van der Waals surface area contributed by atoms with E-state index in [1.165, 1.54) is 34.9 Å². The van der Waals surface area contributed by atoms with Crippen LogP contribution in [0.2, 0.25) is 0 Å². The van der Waals surface area contributed by atoms with Crippen molar-refractivity contribution in [1.29, 1.82) is 0 Å². The predicted molar refractivity (Wildman–Crippen MR) is 120 cm³/mol. The monoisotopic (exact) mass is 478 g/mol. The van der Waals surface area contributed by atoms with Crippen LogP contribution in [0.15, 0.2) is 28.8 Å². The second-order valence-electron chi connectivity index (χ2n) is 8.11. The molecule has 1 N–H and O–H groups in total. The number of thiophene rings is 1. The van der Waals surface area contributed by atoms with E-state index in [9.17, 15) is 19.2 Å². The van der Waals surface area contributed by atoms with E-state index in [0.29, 0.717) is 11.3 Å². The molecule has 4 rings (SSSR count). The van der Waals surface area contributed by atoms with E-state index < -0.39 is 18.0 Å². The van der Waals surface area contributed by atoms with Crippen LogP contribution in [0.5, 0.6) is 0 Å². The summed E-state index contributed by atoms with van der Waals surface area (Å²) in [6, 6.07) is 3.05. The maximum absolute atomic E-state index is 13.1. The molecule has 10 heteroatoms. The first kappa shape index (κ1) is 22.8. The summed E-state index contributed by atoms with van der Waals surface area (Å²) in [5, 5.41) is 4.32. The van der Waals surface area contributed by atoms with Crippen LogP contribution in [0, 0.1) is 0 Å². The summed E-state index contributed by atoms with van der Waals surface area (Å²) >= 11 is 2.92. The van der Waals surface area contributed by atoms with Crippen molar-refractivity contribution in [3.05, 3.63) is 33.7 Å². The van der Waals surface area contributed by atoms with Crippen LogP contribution in [0.4, 0.5) is 0 Å². The molecule has 2 fully saturated rings. The third-order valence-electron chi connectivity index (χ3n) is 5.75. The van der Waals surface area contributed by atoms with Gasteiger partial charge in [-0.05, 0) is 37.1 Å². The van der Waals surface area contributed by atoms with Gasteiger partial charge in [-0.25, -0.2) is 4.79 Å². The van der Waals surface area contributed by atoms with Crippen molar-refractivity contribution in [3.63, 3.8) is 0 Å². The zero-order valence-electron chi connectivity index (χ0n) is 17.8. The molecular weight excluding hydrogens is 452 g/mol. The van der Waals surface area contributed by atoms with E-state index in [2.05, 4.69) is 5.32 Å². The zero-order valence-corrected chi connectivity index (χ0v) is 19.5. The van der Waals surface area contributed by atoms with Gasteiger partial charge in [0.1, 0.15) is 29.8 Å². The number of carbonyl (C=O) groups is 4. The molecule has 3 heterocycles. The first-order valence-corrected chi connectivity index (χ1v) is 12.7. The number of esters is 2. The van der Waals surface area contributed by atoms with Crippen molar-refractivity contribution in [2.45, 2.75) is 63.0 Å². The fourth-order valence-corrected chi connectivity index (χ4v) is 6.19. The maximum Gasteiger partial charge on any atom is 0.355 e. The fourth-order valence-electron chi connectivity index (χ4n) is 4.16. The lowest BCUT2D eigenvalue weighted by molar-refractivity contribution is -0.156. The van der Waals surface area contributed by atoms with Crippen molar-refractivity contribution >= 4 is 46.9 Å². The third kappa shape index (κ3) is 5.01. The van der Waals surface area contributed by atoms with Gasteiger partial charge in [-0.2, -0.15) is 0 Å². The smallest absolute Gasteiger partial charge is 0.355 e. The van der Waals surface area contributed by atoms with Crippen LogP contribution in [0.1, 0.15) is 43.9 Å². The minimum Gasteiger partial charge on any atom is -0.461 e. The molecule has 0 bridgehead atoms. The number of rotatable bonds is 7. The molecule has 3 aliphatic rings. The molecule has 8 nitrogen and oxygen atoms in total. The maximum atomic E-state index is 13.1. The highest BCUT2D eigenvalue weighted by Crippen LogP contribution is 2.41. The van der Waals surface area contributed by atoms with Crippen LogP contribution in [-0.4, -0.2) is 58.5 Å². The van der Waals surface area contributed by atoms with Gasteiger partial charge in [-0.1, -0.05) is 12.5 Å². The normalized spacial score (nSPS) is 23.3. The zero-order chi connectivity index (χ0) is 22.7. The molecule has 0 radical (unpaired) electrons. The molecule has 0 unspecified atom stereocenters. The quantitative estimate of drug-likeness (QED) is 0.474. The molecule has 0 aromatic carbocycles. The third-order valence-corrected chi connectivity index (χ3v) is 7.96. The summed E-state index contributed by atoms with van der Waals surface area (Å²) < 4.78 is 10.8. The Bertz CT molecular complexity index is 923. The highest BCUT2D eigenvalue weighted by Gasteiger charge is 2.54. The predicted octanol–water partition coefficient (Wildman–Crippen LogP) is 2.38. The van der Waals surface area contributed by atoms with Gasteiger partial charge in [0.2, 0.25) is 5.91 Å². The number of carbonyl (C=O) groups excluding carboxylic acids is 4. The van der Waals surface area contributed by atoms with Crippen LogP contribution in [-0.2, 0) is 35.1 Å². The van der Waals surface area contributed by atoms with Crippen LogP contribution in [0.3, 0.4) is 0 Å². The van der Waals surface area contributed by atoms with Crippen LogP contribution >= 0.6 is 23.1 Å². The highest BCUT2D eigenvalue weighted by molar-refractivity contribution is 8.00. The molecular formula is C22H26N2O6S2. The number of thioether (sulfide) groups is 1. The van der Waals surface area contributed by atoms with Crippen molar-refractivity contribution in [2.75, 3.05) is 12.4 Å². The van der Waals surface area contributed by atoms with Gasteiger partial charge >= 0.3 is 11.9 Å². The number of hydrogen-bond acceptors (Lipinski definition) is 8. The molecule has 172 valence electrons. The SMILES string of the molecule is CC(=O)OCC1=C(C(=O)OC2CCCCC2)N2C(=O)[C@@H](NC(=O)Cc3cccs3)[C@H]2SC1. The van der Waals surface area contributed by atoms with Gasteiger partial charge < -0.3 is 14.8 Å². The minimum atomic E-state index is -0.694. The molecule has 2 aliphatic heterocycles. The van der Waals surface area contributed by atoms with E-state index in [4.69, 9.17) is 9.47 Å². The summed E-state index contributed by atoms with van der Waals surface area (Å²) in [4.78, 5) is 52.1. The van der Waals surface area contributed by atoms with Crippen LogP contribution in [0.25, 0.3) is 0 Å². The Morgan fingerprint density at radius 1 is 1.22 bits per heavy atom. The second-order valence-corrected chi connectivity index (χ2v) is 10.2. The number of hydrogen-bond donors (Lipinski definition) is 1. The summed E-state index contributed by atoms with van der Waals surface area (Å²) in [6.07, 6.45) is 4.82. The molecule has 32 heavy (non-hydrogen) atoms. The standard InChI is InChI=1S/C22H26N2O6S2/c1-13(25)29-11-14-12-32-21-18(23-17(26)10-16-8-5-9-31-16)20(27)24(21)19(14)22(28)30-15-6-3-2-4-7-15/h5,8-9,15,18,21H,2-4,6-7,10-12H2,1H3,(H,23,26)/t18-,21-/m1/s1. The summed E-state index contributed by atoms with van der Waals surface area (Å²) in [5.74, 6) is -1.18. The molecule has 1 saturated heterocycles. The first-order chi connectivity index (χ1) is 15.4. The Morgan fingerprint density at radius 2 is 2.00 bits per heavy atom. The molecule has 1 saturated carbocycles. The lowest BCUT2D eigenvalue weighted by Gasteiger charge is -2.49. The lowest BCUT2D eigenvalue weighted by atomic mass is 9.97. The van der Waals surface area contributed by atoms with E-state index in [1.807, 2.05) is 17.5 Å². The number of nitrogens with one attached hydrogen (secondary N) is 1. The van der Waals surface area contributed by atoms with Crippen LogP contribution < -0.4 is 5.32 Å². The summed E-state index contributed by atoms with van der Waals surface area (Å²) in [7, 11) is 0. The van der Waals surface area contributed by atoms with Gasteiger partial charge in [-0.3, -0.25) is 19.3 Å². The molecule has 1 aromatic heterocycles. The Balaban J connectivity index is 1.47. The number of amides is 2. The Hall–Kier alpha value is -2.33. The highest BCUT2D eigenvalue weighted by atomic mass is 32.2. The molecule has 1 aliphatic carbocycles. The average molecular weight is 479 g/mol. The fraction of sp³-hybridized carbons (Fsp3) is 0.545. The van der Waals surface area contributed by atoms with Crippen molar-refractivity contribution < 1.29 is 28.7 Å². The Kier molecular flexibility index (Phi) is 7.20. The summed E-state index contributed by atoms with van der Waals surface area (Å²) in [5.41, 5.74) is 0.716. The topological polar surface area (TPSA) is 102 Å². The van der Waals surface area contributed by atoms with E-state index in [1.54, 1.807) is 0 Å². The van der Waals surface area contributed by atoms with Gasteiger partial charge in [0.15, 0.2) is 0 Å². The van der Waals surface area contributed by atoms with Crippen molar-refractivity contribution in [2.24, 2.45) is 0 Å². The van der Waals surface area contributed by atoms with E-state index in [-0.39, 0.29) is 42.0 Å². The molecule has 1 aromatic rings. The van der Waals surface area contributed by atoms with Crippen molar-refractivity contribution in [3.8, 4) is 0 Å². The van der Waals surface area contributed by atoms with Gasteiger partial charge in [0.05, 0.1) is 6.42 Å². The van der Waals surface area contributed by atoms with Gasteiger partial charge in [0, 0.05) is 23.1 Å². The number of β-lactam (4-membered cyclic amide) rings is 1. The average Bonchev–Trinajstić information content (AvgIpc) is 3.28. The Morgan fingerprint density at radius 3 is 2.69 bits per heavy atom. The Labute approximate surface area is 194 Å². The lowest BCUT2D eigenvalue weighted by Crippen LogP contribution is -2.70. The van der Waals surface area contributed by atoms with Gasteiger partial charge in [-0.15, -0.1) is 23.1 Å². The number of fused-ring (bicyclic) bond motifs is 1. The molecule has 0 spiro atoms. The van der Waals surface area contributed by atoms with E-state index >= 15 is 0 Å². The largest absolute Gasteiger partial charge is 0.461 e. The molecule has 2 amide bonds. The first-order valence-electron chi connectivity index (χ1n) is 10.8. The number of ether oxygens (including phenoxy) is 2. The minimum absolute atomic E-state index is 0.0661. The molecule has 2 atom stereocenters. The van der Waals surface area contributed by atoms with Crippen molar-refractivity contribution in [1.82, 2.24) is 10.2 Å². The number of nitrogens with zero attached hydrogens (tertiary/aromatic N) is 1. The van der Waals surface area contributed by atoms with E-state index in [0.717, 1.165) is 37.0 Å². The summed E-state index contributed by atoms with van der Waals surface area (Å²) in [6.45, 7) is 1.23.